The first-order chi connectivity index (χ1) is 8.88. The number of alkyl halides is 2. The van der Waals surface area contributed by atoms with Crippen molar-refractivity contribution < 1.29 is 13.5 Å². The van der Waals surface area contributed by atoms with E-state index in [1.165, 1.54) is 6.07 Å². The minimum atomic E-state index is -2.85. The van der Waals surface area contributed by atoms with Gasteiger partial charge in [0.25, 0.3) is 0 Å². The van der Waals surface area contributed by atoms with Gasteiger partial charge < -0.3 is 15.8 Å². The molecule has 0 spiro atoms. The number of hydrogen-bond acceptors (Lipinski definition) is 2. The Bertz CT molecular complexity index is 448. The Morgan fingerprint density at radius 1 is 1.42 bits per heavy atom. The highest BCUT2D eigenvalue weighted by molar-refractivity contribution is 5.78. The molecule has 6 heteroatoms. The lowest BCUT2D eigenvalue weighted by Crippen LogP contribution is -2.36. The molecule has 0 saturated carbocycles. The van der Waals surface area contributed by atoms with Gasteiger partial charge in [0.05, 0.1) is 6.54 Å². The van der Waals surface area contributed by atoms with Crippen LogP contribution < -0.4 is 15.8 Å². The maximum atomic E-state index is 12.3. The third-order valence-corrected chi connectivity index (χ3v) is 2.29. The van der Waals surface area contributed by atoms with Crippen molar-refractivity contribution >= 4 is 5.96 Å². The molecule has 4 nitrogen and oxygen atoms in total. The molecule has 0 heterocycles. The molecule has 0 aromatic heterocycles. The average molecular weight is 271 g/mol. The van der Waals surface area contributed by atoms with E-state index in [0.717, 1.165) is 5.56 Å². The van der Waals surface area contributed by atoms with E-state index in [0.29, 0.717) is 5.56 Å². The fourth-order valence-corrected chi connectivity index (χ4v) is 1.55. The van der Waals surface area contributed by atoms with Crippen LogP contribution in [0.25, 0.3) is 0 Å². The predicted molar refractivity (Wildman–Crippen MR) is 71.4 cm³/mol. The third kappa shape index (κ3) is 5.54. The van der Waals surface area contributed by atoms with Crippen molar-refractivity contribution in [1.29, 1.82) is 0 Å². The lowest BCUT2D eigenvalue weighted by atomic mass is 10.1. The van der Waals surface area contributed by atoms with Crippen LogP contribution in [0.5, 0.6) is 5.75 Å². The summed E-state index contributed by atoms with van der Waals surface area (Å²) >= 11 is 0. The minimum Gasteiger partial charge on any atom is -0.434 e. The molecule has 1 aromatic carbocycles. The Morgan fingerprint density at radius 3 is 2.68 bits per heavy atom. The van der Waals surface area contributed by atoms with E-state index < -0.39 is 6.61 Å². The molecule has 0 atom stereocenters. The molecule has 3 N–H and O–H groups in total. The van der Waals surface area contributed by atoms with E-state index in [-0.39, 0.29) is 24.3 Å². The highest BCUT2D eigenvalue weighted by Crippen LogP contribution is 2.22. The smallest absolute Gasteiger partial charge is 0.387 e. The normalized spacial score (nSPS) is 12.1. The molecule has 1 aromatic rings. The standard InChI is InChI=1S/C13H19F2N3O/c1-8(2)18-13(16)17-7-10-6-9(3)4-5-11(10)19-12(14)15/h4-6,8,12H,7H2,1-3H3,(H3,16,17,18). The van der Waals surface area contributed by atoms with Crippen molar-refractivity contribution in [2.45, 2.75) is 40.0 Å². The van der Waals surface area contributed by atoms with E-state index in [4.69, 9.17) is 5.73 Å². The van der Waals surface area contributed by atoms with Crippen molar-refractivity contribution in [3.05, 3.63) is 29.3 Å². The summed E-state index contributed by atoms with van der Waals surface area (Å²) in [5.74, 6) is 0.404. The summed E-state index contributed by atoms with van der Waals surface area (Å²) < 4.78 is 29.0. The van der Waals surface area contributed by atoms with Crippen molar-refractivity contribution in [2.75, 3.05) is 0 Å². The van der Waals surface area contributed by atoms with Gasteiger partial charge in [0, 0.05) is 11.6 Å². The molecule has 19 heavy (non-hydrogen) atoms. The van der Waals surface area contributed by atoms with Crippen molar-refractivity contribution in [3.8, 4) is 5.75 Å². The quantitative estimate of drug-likeness (QED) is 0.638. The van der Waals surface area contributed by atoms with E-state index in [1.54, 1.807) is 12.1 Å². The molecule has 0 fully saturated rings. The van der Waals surface area contributed by atoms with Crippen LogP contribution in [-0.4, -0.2) is 18.6 Å². The second-order valence-electron chi connectivity index (χ2n) is 4.49. The van der Waals surface area contributed by atoms with E-state index in [2.05, 4.69) is 15.0 Å². The average Bonchev–Trinajstić information content (AvgIpc) is 2.28. The van der Waals surface area contributed by atoms with Crippen LogP contribution >= 0.6 is 0 Å². The second kappa shape index (κ2) is 6.92. The number of nitrogens with one attached hydrogen (secondary N) is 1. The highest BCUT2D eigenvalue weighted by atomic mass is 19.3. The number of guanidine groups is 1. The molecule has 0 unspecified atom stereocenters. The largest absolute Gasteiger partial charge is 0.434 e. The number of benzene rings is 1. The summed E-state index contributed by atoms with van der Waals surface area (Å²) in [5.41, 5.74) is 7.19. The summed E-state index contributed by atoms with van der Waals surface area (Å²) in [6, 6.07) is 5.14. The number of ether oxygens (including phenoxy) is 1. The number of aliphatic imine (C=N–C) groups is 1. The van der Waals surface area contributed by atoms with Gasteiger partial charge in [-0.2, -0.15) is 8.78 Å². The molecular weight excluding hydrogens is 252 g/mol. The minimum absolute atomic E-state index is 0.127. The van der Waals surface area contributed by atoms with Crippen LogP contribution in [0.2, 0.25) is 0 Å². The Kier molecular flexibility index (Phi) is 5.54. The Hall–Kier alpha value is -1.85. The van der Waals surface area contributed by atoms with E-state index in [1.807, 2.05) is 20.8 Å². The van der Waals surface area contributed by atoms with Gasteiger partial charge in [-0.1, -0.05) is 17.7 Å². The Morgan fingerprint density at radius 2 is 2.11 bits per heavy atom. The van der Waals surface area contributed by atoms with Gasteiger partial charge in [-0.3, -0.25) is 0 Å². The number of rotatable bonds is 5. The number of aryl methyl sites for hydroxylation is 1. The maximum Gasteiger partial charge on any atom is 0.387 e. The predicted octanol–water partition coefficient (Wildman–Crippen LogP) is 2.41. The SMILES string of the molecule is Cc1ccc(OC(F)F)c(CN=C(N)NC(C)C)c1. The summed E-state index contributed by atoms with van der Waals surface area (Å²) in [4.78, 5) is 4.10. The summed E-state index contributed by atoms with van der Waals surface area (Å²) in [6.45, 7) is 3.07. The molecule has 0 amide bonds. The number of hydrogen-bond donors (Lipinski definition) is 2. The molecule has 0 aliphatic heterocycles. The molecule has 0 radical (unpaired) electrons. The van der Waals surface area contributed by atoms with Crippen molar-refractivity contribution in [1.82, 2.24) is 5.32 Å². The van der Waals surface area contributed by atoms with Gasteiger partial charge in [-0.25, -0.2) is 4.99 Å². The number of nitrogens with two attached hydrogens (primary N) is 1. The first-order valence-corrected chi connectivity index (χ1v) is 5.99. The summed E-state index contributed by atoms with van der Waals surface area (Å²) in [7, 11) is 0. The molecule has 1 rings (SSSR count). The van der Waals surface area contributed by atoms with Gasteiger partial charge in [-0.05, 0) is 26.8 Å². The zero-order valence-corrected chi connectivity index (χ0v) is 11.3. The van der Waals surface area contributed by atoms with Gasteiger partial charge in [-0.15, -0.1) is 0 Å². The first kappa shape index (κ1) is 15.2. The van der Waals surface area contributed by atoms with Crippen LogP contribution in [0.15, 0.2) is 23.2 Å². The maximum absolute atomic E-state index is 12.3. The van der Waals surface area contributed by atoms with Gasteiger partial charge in [0.1, 0.15) is 5.75 Å². The summed E-state index contributed by atoms with van der Waals surface area (Å²) in [5, 5.41) is 2.93. The zero-order chi connectivity index (χ0) is 14.4. The van der Waals surface area contributed by atoms with Crippen LogP contribution in [-0.2, 0) is 6.54 Å². The fourth-order valence-electron chi connectivity index (χ4n) is 1.55. The van der Waals surface area contributed by atoms with Crippen LogP contribution in [0.3, 0.4) is 0 Å². The number of nitrogens with zero attached hydrogens (tertiary/aromatic N) is 1. The molecule has 106 valence electrons. The Balaban J connectivity index is 2.83. The van der Waals surface area contributed by atoms with Crippen molar-refractivity contribution in [3.63, 3.8) is 0 Å². The highest BCUT2D eigenvalue weighted by Gasteiger charge is 2.09. The van der Waals surface area contributed by atoms with Gasteiger partial charge in [0.15, 0.2) is 5.96 Å². The Labute approximate surface area is 111 Å². The van der Waals surface area contributed by atoms with Crippen LogP contribution in [0.4, 0.5) is 8.78 Å². The molecular formula is C13H19F2N3O. The van der Waals surface area contributed by atoms with E-state index in [9.17, 15) is 8.78 Å². The van der Waals surface area contributed by atoms with Gasteiger partial charge in [0.2, 0.25) is 0 Å². The lowest BCUT2D eigenvalue weighted by molar-refractivity contribution is -0.0504. The topological polar surface area (TPSA) is 59.6 Å². The summed E-state index contributed by atoms with van der Waals surface area (Å²) in [6.07, 6.45) is 0. The third-order valence-electron chi connectivity index (χ3n) is 2.29. The van der Waals surface area contributed by atoms with Gasteiger partial charge >= 0.3 is 6.61 Å². The molecule has 0 aliphatic carbocycles. The van der Waals surface area contributed by atoms with Crippen molar-refractivity contribution in [2.24, 2.45) is 10.7 Å². The molecule has 0 saturated heterocycles. The van der Waals surface area contributed by atoms with Crippen LogP contribution in [0, 0.1) is 6.92 Å². The molecule has 0 bridgehead atoms. The molecule has 0 aliphatic rings. The number of halogens is 2. The first-order valence-electron chi connectivity index (χ1n) is 5.99. The van der Waals surface area contributed by atoms with Crippen LogP contribution in [0.1, 0.15) is 25.0 Å². The van der Waals surface area contributed by atoms with E-state index >= 15 is 0 Å². The monoisotopic (exact) mass is 271 g/mol. The lowest BCUT2D eigenvalue weighted by Gasteiger charge is -2.11. The zero-order valence-electron chi connectivity index (χ0n) is 11.3. The fraction of sp³-hybridized carbons (Fsp3) is 0.462. The second-order valence-corrected chi connectivity index (χ2v) is 4.49.